The number of hydrogen-bond donors (Lipinski definition) is 0. The van der Waals surface area contributed by atoms with E-state index in [-0.39, 0.29) is 41.9 Å². The average Bonchev–Trinajstić information content (AvgIpc) is 2.19. The molecule has 0 aromatic heterocycles. The fourth-order valence-corrected chi connectivity index (χ4v) is 1.98. The summed E-state index contributed by atoms with van der Waals surface area (Å²) in [6, 6.07) is 7.17. The van der Waals surface area contributed by atoms with E-state index in [2.05, 4.69) is 19.6 Å². The van der Waals surface area contributed by atoms with Gasteiger partial charge in [0.25, 0.3) is 0 Å². The number of hydrogen-bond acceptors (Lipinski definition) is 6. The van der Waals surface area contributed by atoms with Gasteiger partial charge < -0.3 is 9.29 Å². The summed E-state index contributed by atoms with van der Waals surface area (Å²) in [5, 5.41) is 0. The van der Waals surface area contributed by atoms with Crippen LogP contribution in [0.2, 0.25) is 0 Å². The molecule has 1 aromatic carbocycles. The normalized spacial score (nSPS) is 10.7. The Kier molecular flexibility index (Phi) is 9.13. The molecule has 0 spiro atoms. The second kappa shape index (κ2) is 8.76. The Labute approximate surface area is 135 Å². The van der Waals surface area contributed by atoms with E-state index in [0.717, 1.165) is 4.47 Å². The maximum absolute atomic E-state index is 10.1. The summed E-state index contributed by atoms with van der Waals surface area (Å²) in [4.78, 5) is 0. The maximum Gasteiger partial charge on any atom is 1.00 e. The minimum atomic E-state index is -4.62. The van der Waals surface area contributed by atoms with Crippen LogP contribution in [0.1, 0.15) is 0 Å². The van der Waals surface area contributed by atoms with Crippen molar-refractivity contribution in [3.63, 3.8) is 0 Å². The van der Waals surface area contributed by atoms with Crippen LogP contribution in [-0.2, 0) is 14.0 Å². The van der Waals surface area contributed by atoms with Gasteiger partial charge in [-0.1, -0.05) is 15.9 Å². The topological polar surface area (TPSA) is 75.7 Å². The van der Waals surface area contributed by atoms with Gasteiger partial charge in [-0.2, -0.15) is 0 Å². The molecule has 9 heteroatoms. The van der Waals surface area contributed by atoms with Gasteiger partial charge in [0.15, 0.2) is 0 Å². The second-order valence-electron chi connectivity index (χ2n) is 2.60. The predicted octanol–water partition coefficient (Wildman–Crippen LogP) is -1.04. The molecule has 0 saturated heterocycles. The zero-order valence-electron chi connectivity index (χ0n) is 8.96. The van der Waals surface area contributed by atoms with E-state index in [4.69, 9.17) is 4.74 Å². The molecule has 90 valence electrons. The van der Waals surface area contributed by atoms with Crippen molar-refractivity contribution in [2.75, 3.05) is 12.4 Å². The number of halogens is 1. The van der Waals surface area contributed by atoms with Crippen molar-refractivity contribution >= 4 is 38.4 Å². The van der Waals surface area contributed by atoms with Crippen molar-refractivity contribution in [1.29, 1.82) is 0 Å². The predicted molar refractivity (Wildman–Crippen MR) is 62.9 cm³/mol. The van der Waals surface area contributed by atoms with Crippen LogP contribution in [0.15, 0.2) is 28.7 Å². The SMILES string of the molecule is O=S(=O)([O-])OSCCOc1ccc(Br)cc1.[Na+]. The minimum absolute atomic E-state index is 0. The summed E-state index contributed by atoms with van der Waals surface area (Å²) in [6.07, 6.45) is 0. The molecule has 0 fully saturated rings. The molecule has 0 unspecified atom stereocenters. The third kappa shape index (κ3) is 9.32. The maximum atomic E-state index is 10.1. The number of ether oxygens (including phenoxy) is 1. The van der Waals surface area contributed by atoms with Crippen molar-refractivity contribution in [2.24, 2.45) is 0 Å². The average molecular weight is 351 g/mol. The van der Waals surface area contributed by atoms with Gasteiger partial charge in [0.1, 0.15) is 5.75 Å². The van der Waals surface area contributed by atoms with Gasteiger partial charge in [-0.05, 0) is 24.3 Å². The van der Waals surface area contributed by atoms with Crippen LogP contribution in [0, 0.1) is 0 Å². The molecule has 0 N–H and O–H groups in total. The molecule has 0 heterocycles. The van der Waals surface area contributed by atoms with E-state index in [1.54, 1.807) is 12.1 Å². The Balaban J connectivity index is 0.00000256. The van der Waals surface area contributed by atoms with Crippen molar-refractivity contribution in [1.82, 2.24) is 0 Å². The minimum Gasteiger partial charge on any atom is -0.725 e. The molecule has 0 saturated carbocycles. The molecule has 1 aromatic rings. The third-order valence-corrected chi connectivity index (χ3v) is 3.29. The summed E-state index contributed by atoms with van der Waals surface area (Å²) in [7, 11) is -4.62. The molecule has 17 heavy (non-hydrogen) atoms. The quantitative estimate of drug-likeness (QED) is 0.214. The van der Waals surface area contributed by atoms with Gasteiger partial charge in [-0.25, -0.2) is 12.0 Å². The molecule has 0 radical (unpaired) electrons. The molecule has 5 nitrogen and oxygen atoms in total. The van der Waals surface area contributed by atoms with Crippen LogP contribution in [0.3, 0.4) is 0 Å². The van der Waals surface area contributed by atoms with Gasteiger partial charge in [-0.3, -0.25) is 0 Å². The van der Waals surface area contributed by atoms with E-state index in [9.17, 15) is 13.0 Å². The Bertz CT molecular complexity index is 422. The summed E-state index contributed by atoms with van der Waals surface area (Å²) in [5.74, 6) is 0.908. The summed E-state index contributed by atoms with van der Waals surface area (Å²) < 4.78 is 40.3. The first kappa shape index (κ1) is 17.7. The van der Waals surface area contributed by atoms with Crippen LogP contribution >= 0.6 is 28.0 Å². The monoisotopic (exact) mass is 350 g/mol. The zero-order chi connectivity index (χ0) is 12.0. The second-order valence-corrected chi connectivity index (χ2v) is 5.52. The Hall–Kier alpha value is 0.720. The van der Waals surface area contributed by atoms with Crippen molar-refractivity contribution in [3.8, 4) is 5.75 Å². The third-order valence-electron chi connectivity index (χ3n) is 1.38. The van der Waals surface area contributed by atoms with Crippen LogP contribution in [0.4, 0.5) is 0 Å². The van der Waals surface area contributed by atoms with Gasteiger partial charge >= 0.3 is 29.6 Å². The standard InChI is InChI=1S/C8H9BrO5S2.Na/c9-7-1-3-8(4-2-7)13-5-6-15-14-16(10,11)12;/h1-4H,5-6H2,(H,10,11,12);/q;+1/p-1. The fourth-order valence-electron chi connectivity index (χ4n) is 0.817. The molecule has 0 atom stereocenters. The molecular weight excluding hydrogens is 343 g/mol. The summed E-state index contributed by atoms with van der Waals surface area (Å²) >= 11 is 3.83. The van der Waals surface area contributed by atoms with Crippen molar-refractivity contribution in [2.45, 2.75) is 0 Å². The van der Waals surface area contributed by atoms with Gasteiger partial charge in [0.05, 0.1) is 12.4 Å². The molecule has 0 bridgehead atoms. The van der Waals surface area contributed by atoms with Crippen LogP contribution in [0.5, 0.6) is 5.75 Å². The Morgan fingerprint density at radius 1 is 1.29 bits per heavy atom. The van der Waals surface area contributed by atoms with E-state index in [0.29, 0.717) is 17.8 Å². The Morgan fingerprint density at radius 2 is 1.88 bits per heavy atom. The zero-order valence-corrected chi connectivity index (χ0v) is 14.2. The van der Waals surface area contributed by atoms with Crippen LogP contribution in [-0.4, -0.2) is 25.3 Å². The first-order chi connectivity index (χ1) is 7.47. The summed E-state index contributed by atoms with van der Waals surface area (Å²) in [6.45, 7) is 0.252. The van der Waals surface area contributed by atoms with Crippen LogP contribution < -0.4 is 34.3 Å². The first-order valence-corrected chi connectivity index (χ1v) is 7.16. The van der Waals surface area contributed by atoms with Crippen LogP contribution in [0.25, 0.3) is 0 Å². The summed E-state index contributed by atoms with van der Waals surface area (Å²) in [5.41, 5.74) is 0. The van der Waals surface area contributed by atoms with Gasteiger partial charge in [-0.15, -0.1) is 0 Å². The van der Waals surface area contributed by atoms with Crippen molar-refractivity contribution in [3.05, 3.63) is 28.7 Å². The smallest absolute Gasteiger partial charge is 0.725 e. The van der Waals surface area contributed by atoms with E-state index in [1.165, 1.54) is 0 Å². The molecule has 0 aliphatic heterocycles. The van der Waals surface area contributed by atoms with E-state index >= 15 is 0 Å². The number of benzene rings is 1. The largest absolute Gasteiger partial charge is 1.00 e. The molecule has 1 rings (SSSR count). The number of rotatable bonds is 6. The molecule has 0 aliphatic carbocycles. The van der Waals surface area contributed by atoms with Gasteiger partial charge in [0, 0.05) is 16.5 Å². The van der Waals surface area contributed by atoms with Crippen molar-refractivity contribution < 1.29 is 50.9 Å². The fraction of sp³-hybridized carbons (Fsp3) is 0.250. The molecular formula is C8H8BrNaO5S2. The van der Waals surface area contributed by atoms with E-state index in [1.807, 2.05) is 12.1 Å². The first-order valence-electron chi connectivity index (χ1n) is 4.13. The van der Waals surface area contributed by atoms with Gasteiger partial charge in [0.2, 0.25) is 10.4 Å². The Morgan fingerprint density at radius 3 is 2.41 bits per heavy atom. The molecule has 0 amide bonds. The molecule has 0 aliphatic rings. The van der Waals surface area contributed by atoms with E-state index < -0.39 is 10.4 Å².